The zero-order chi connectivity index (χ0) is 11.5. The second-order valence-corrected chi connectivity index (χ2v) is 2.88. The predicted octanol–water partition coefficient (Wildman–Crippen LogP) is 3.39. The molecule has 0 aliphatic heterocycles. The zero-order valence-corrected chi connectivity index (χ0v) is 7.88. The van der Waals surface area contributed by atoms with Gasteiger partial charge in [-0.1, -0.05) is 18.2 Å². The van der Waals surface area contributed by atoms with Gasteiger partial charge in [0.2, 0.25) is 0 Å². The monoisotopic (exact) mass is 219 g/mol. The Hall–Kier alpha value is -1.46. The van der Waals surface area contributed by atoms with Gasteiger partial charge < -0.3 is 17.7 Å². The second-order valence-electron chi connectivity index (χ2n) is 2.88. The van der Waals surface area contributed by atoms with E-state index in [1.165, 1.54) is 25.3 Å². The molecule has 1 aromatic rings. The number of methoxy groups -OCH3 is 1. The first-order chi connectivity index (χ1) is 6.93. The van der Waals surface area contributed by atoms with Gasteiger partial charge in [0.05, 0.1) is 7.11 Å². The van der Waals surface area contributed by atoms with Gasteiger partial charge in [-0.3, -0.25) is 0 Å². The van der Waals surface area contributed by atoms with Crippen LogP contribution in [0.5, 0.6) is 5.75 Å². The van der Waals surface area contributed by atoms with E-state index >= 15 is 0 Å². The predicted molar refractivity (Wildman–Crippen MR) is 51.2 cm³/mol. The molecule has 1 nitrogen and oxygen atoms in total. The van der Waals surface area contributed by atoms with Crippen LogP contribution in [0.4, 0.5) is 17.3 Å². The summed E-state index contributed by atoms with van der Waals surface area (Å²) in [4.78, 5) is 0. The van der Waals surface area contributed by atoms with E-state index in [2.05, 4.69) is 0 Å². The Kier molecular flexibility index (Phi) is 3.39. The standard InChI is InChI=1S/C9H8BF4O/c1-15-8-4-2-3-7(5-8)6-9(11)10(12,13)14/h2-6H,1H3/q-1/b9-6-. The van der Waals surface area contributed by atoms with Crippen LogP contribution >= 0.6 is 0 Å². The van der Waals surface area contributed by atoms with E-state index in [1.54, 1.807) is 6.07 Å². The first-order valence-electron chi connectivity index (χ1n) is 4.14. The van der Waals surface area contributed by atoms with Crippen molar-refractivity contribution in [3.8, 4) is 5.75 Å². The third-order valence-corrected chi connectivity index (χ3v) is 1.71. The Morgan fingerprint density at radius 3 is 2.53 bits per heavy atom. The highest BCUT2D eigenvalue weighted by Crippen LogP contribution is 2.24. The fraction of sp³-hybridized carbons (Fsp3) is 0.111. The Morgan fingerprint density at radius 1 is 1.33 bits per heavy atom. The molecular formula is C9H8BF4O-. The van der Waals surface area contributed by atoms with Crippen LogP contribution in [-0.2, 0) is 0 Å². The SMILES string of the molecule is COc1cccc(/C=C(\F)[B-](F)(F)F)c1. The van der Waals surface area contributed by atoms with Crippen LogP contribution in [-0.4, -0.2) is 14.1 Å². The van der Waals surface area contributed by atoms with Crippen molar-refractivity contribution in [3.63, 3.8) is 0 Å². The number of halogens is 4. The average Bonchev–Trinajstić information content (AvgIpc) is 2.16. The molecule has 1 rings (SSSR count). The molecule has 0 spiro atoms. The van der Waals surface area contributed by atoms with Crippen molar-refractivity contribution in [2.24, 2.45) is 0 Å². The van der Waals surface area contributed by atoms with Crippen molar-refractivity contribution in [2.75, 3.05) is 7.11 Å². The second kappa shape index (κ2) is 4.38. The fourth-order valence-electron chi connectivity index (χ4n) is 0.985. The topological polar surface area (TPSA) is 9.23 Å². The Bertz CT molecular complexity index is 373. The molecular weight excluding hydrogens is 211 g/mol. The summed E-state index contributed by atoms with van der Waals surface area (Å²) in [5.41, 5.74) is -1.95. The maximum absolute atomic E-state index is 12.6. The number of hydrogen-bond acceptors (Lipinski definition) is 1. The molecule has 82 valence electrons. The molecule has 0 amide bonds. The van der Waals surface area contributed by atoms with Crippen LogP contribution in [0.2, 0.25) is 0 Å². The van der Waals surface area contributed by atoms with Gasteiger partial charge in [-0.2, -0.15) is 0 Å². The lowest BCUT2D eigenvalue weighted by Crippen LogP contribution is -2.15. The summed E-state index contributed by atoms with van der Waals surface area (Å²) < 4.78 is 53.1. The summed E-state index contributed by atoms with van der Waals surface area (Å²) in [6, 6.07) is 5.74. The highest BCUT2D eigenvalue weighted by Gasteiger charge is 2.29. The quantitative estimate of drug-likeness (QED) is 0.559. The normalized spacial score (nSPS) is 12.7. The first kappa shape index (κ1) is 11.6. The molecule has 0 saturated heterocycles. The van der Waals surface area contributed by atoms with Crippen LogP contribution < -0.4 is 4.74 Å². The van der Waals surface area contributed by atoms with Crippen molar-refractivity contribution in [1.82, 2.24) is 0 Å². The van der Waals surface area contributed by atoms with Gasteiger partial charge >= 0.3 is 6.98 Å². The Balaban J connectivity index is 2.98. The lowest BCUT2D eigenvalue weighted by Gasteiger charge is -2.11. The minimum Gasteiger partial charge on any atom is -0.497 e. The summed E-state index contributed by atoms with van der Waals surface area (Å²) in [7, 11) is 1.38. The minimum atomic E-state index is -5.56. The van der Waals surface area contributed by atoms with Crippen LogP contribution in [0.15, 0.2) is 30.0 Å². The molecule has 0 fully saturated rings. The summed E-state index contributed by atoms with van der Waals surface area (Å²) >= 11 is 0. The van der Waals surface area contributed by atoms with Crippen molar-refractivity contribution in [2.45, 2.75) is 0 Å². The molecule has 0 radical (unpaired) electrons. The molecule has 0 unspecified atom stereocenters. The zero-order valence-electron chi connectivity index (χ0n) is 7.88. The van der Waals surface area contributed by atoms with Crippen LogP contribution in [0.25, 0.3) is 6.08 Å². The average molecular weight is 219 g/mol. The largest absolute Gasteiger partial charge is 0.537 e. The summed E-state index contributed by atoms with van der Waals surface area (Å²) in [5, 5.41) is 0. The summed E-state index contributed by atoms with van der Waals surface area (Å²) in [6.07, 6.45) is 0.447. The van der Waals surface area contributed by atoms with E-state index in [-0.39, 0.29) is 5.56 Å². The van der Waals surface area contributed by atoms with Gasteiger partial charge in [0.25, 0.3) is 0 Å². The van der Waals surface area contributed by atoms with Gasteiger partial charge in [0, 0.05) is 5.73 Å². The van der Waals surface area contributed by atoms with E-state index in [9.17, 15) is 17.3 Å². The molecule has 0 saturated carbocycles. The van der Waals surface area contributed by atoms with Gasteiger partial charge in [0.1, 0.15) is 5.75 Å². The first-order valence-corrected chi connectivity index (χ1v) is 4.14. The molecule has 0 aromatic heterocycles. The molecule has 0 bridgehead atoms. The van der Waals surface area contributed by atoms with Gasteiger partial charge in [-0.25, -0.2) is 4.39 Å². The van der Waals surface area contributed by atoms with Crippen LogP contribution in [0.1, 0.15) is 5.56 Å². The lowest BCUT2D eigenvalue weighted by atomic mass is 9.88. The smallest absolute Gasteiger partial charge is 0.497 e. The van der Waals surface area contributed by atoms with Crippen molar-refractivity contribution in [1.29, 1.82) is 0 Å². The molecule has 6 heteroatoms. The number of ether oxygens (including phenoxy) is 1. The third-order valence-electron chi connectivity index (χ3n) is 1.71. The fourth-order valence-corrected chi connectivity index (χ4v) is 0.985. The van der Waals surface area contributed by atoms with E-state index in [1.807, 2.05) is 0 Å². The number of rotatable bonds is 3. The maximum Gasteiger partial charge on any atom is 0.537 e. The number of benzene rings is 1. The van der Waals surface area contributed by atoms with Crippen molar-refractivity contribution >= 4 is 13.1 Å². The van der Waals surface area contributed by atoms with E-state index in [4.69, 9.17) is 4.74 Å². The van der Waals surface area contributed by atoms with Crippen LogP contribution in [0.3, 0.4) is 0 Å². The molecule has 0 aliphatic carbocycles. The highest BCUT2D eigenvalue weighted by molar-refractivity contribution is 6.66. The Morgan fingerprint density at radius 2 is 2.00 bits per heavy atom. The van der Waals surface area contributed by atoms with Crippen LogP contribution in [0, 0.1) is 0 Å². The molecule has 0 heterocycles. The molecule has 15 heavy (non-hydrogen) atoms. The number of hydrogen-bond donors (Lipinski definition) is 0. The lowest BCUT2D eigenvalue weighted by molar-refractivity contribution is 0.414. The molecule has 0 atom stereocenters. The van der Waals surface area contributed by atoms with E-state index < -0.39 is 12.7 Å². The van der Waals surface area contributed by atoms with Crippen molar-refractivity contribution in [3.05, 3.63) is 35.6 Å². The van der Waals surface area contributed by atoms with E-state index in [0.717, 1.165) is 0 Å². The van der Waals surface area contributed by atoms with Gasteiger partial charge in [0.15, 0.2) is 0 Å². The summed E-state index contributed by atoms with van der Waals surface area (Å²) in [5.74, 6) is 0.381. The Labute approximate surface area is 84.4 Å². The molecule has 0 aliphatic rings. The van der Waals surface area contributed by atoms with Crippen molar-refractivity contribution < 1.29 is 22.1 Å². The van der Waals surface area contributed by atoms with Gasteiger partial charge in [-0.15, -0.1) is 0 Å². The molecule has 1 aromatic carbocycles. The maximum atomic E-state index is 12.6. The summed E-state index contributed by atoms with van der Waals surface area (Å²) in [6.45, 7) is -5.56. The molecule has 0 N–H and O–H groups in total. The highest BCUT2D eigenvalue weighted by atomic mass is 19.4. The minimum absolute atomic E-state index is 0.117. The van der Waals surface area contributed by atoms with Gasteiger partial charge in [-0.05, 0) is 17.7 Å². The van der Waals surface area contributed by atoms with E-state index in [0.29, 0.717) is 11.8 Å². The third kappa shape index (κ3) is 3.30.